The van der Waals surface area contributed by atoms with E-state index in [0.29, 0.717) is 5.69 Å². The number of hydrazine groups is 1. The van der Waals surface area contributed by atoms with Crippen molar-refractivity contribution in [2.24, 2.45) is 17.3 Å². The van der Waals surface area contributed by atoms with Crippen LogP contribution in [0.15, 0.2) is 41.8 Å². The Hall–Kier alpha value is -2.21. The van der Waals surface area contributed by atoms with Crippen molar-refractivity contribution in [3.05, 3.63) is 41.8 Å². The zero-order valence-corrected chi connectivity index (χ0v) is 9.59. The Bertz CT molecular complexity index is 417. The van der Waals surface area contributed by atoms with Gasteiger partial charge in [-0.25, -0.2) is 10.6 Å². The van der Waals surface area contributed by atoms with E-state index in [4.69, 9.17) is 22.0 Å². The second kappa shape index (κ2) is 5.76. The van der Waals surface area contributed by atoms with Crippen LogP contribution in [0.25, 0.3) is 0 Å². The molecule has 6 heteroatoms. The summed E-state index contributed by atoms with van der Waals surface area (Å²) in [5.74, 6) is 5.01. The van der Waals surface area contributed by atoms with Gasteiger partial charge in [0.15, 0.2) is 5.70 Å². The Balaban J connectivity index is 2.92. The topological polar surface area (TPSA) is 108 Å². The van der Waals surface area contributed by atoms with Crippen molar-refractivity contribution in [2.45, 2.75) is 6.92 Å². The molecule has 0 radical (unpaired) electrons. The number of carbonyl (C=O) groups excluding carboxylic acids is 1. The molecule has 0 amide bonds. The highest BCUT2D eigenvalue weighted by Gasteiger charge is 2.15. The molecule has 0 saturated heterocycles. The lowest BCUT2D eigenvalue weighted by Crippen LogP contribution is -2.38. The fourth-order valence-corrected chi connectivity index (χ4v) is 1.17. The summed E-state index contributed by atoms with van der Waals surface area (Å²) >= 11 is 0. The fourth-order valence-electron chi connectivity index (χ4n) is 1.17. The van der Waals surface area contributed by atoms with Crippen molar-refractivity contribution in [3.63, 3.8) is 0 Å². The average Bonchev–Trinajstić information content (AvgIpc) is 2.37. The predicted octanol–water partition coefficient (Wildman–Crippen LogP) is 0.0163. The number of nitrogens with two attached hydrogens (primary N) is 3. The van der Waals surface area contributed by atoms with Gasteiger partial charge in [0.2, 0.25) is 0 Å². The predicted molar refractivity (Wildman–Crippen MR) is 65.1 cm³/mol. The van der Waals surface area contributed by atoms with Crippen LogP contribution < -0.4 is 22.3 Å². The molecule has 0 bridgehead atoms. The largest absolute Gasteiger partial charge is 0.461 e. The number of ether oxygens (including phenoxy) is 1. The van der Waals surface area contributed by atoms with Gasteiger partial charge in [-0.15, -0.1) is 0 Å². The fraction of sp³-hybridized carbons (Fsp3) is 0.182. The van der Waals surface area contributed by atoms with E-state index in [1.54, 1.807) is 31.2 Å². The maximum absolute atomic E-state index is 11.4. The first-order valence-electron chi connectivity index (χ1n) is 5.10. The number of hydrogen-bond donors (Lipinski definition) is 3. The molecule has 0 aliphatic carbocycles. The van der Waals surface area contributed by atoms with E-state index in [1.807, 2.05) is 6.07 Å². The smallest absolute Gasteiger partial charge is 0.358 e. The van der Waals surface area contributed by atoms with Crippen LogP contribution in [-0.4, -0.2) is 12.6 Å². The average molecular weight is 236 g/mol. The van der Waals surface area contributed by atoms with Gasteiger partial charge in [0, 0.05) is 0 Å². The highest BCUT2D eigenvalue weighted by molar-refractivity contribution is 5.88. The molecule has 0 heterocycles. The first-order valence-corrected chi connectivity index (χ1v) is 5.10. The van der Waals surface area contributed by atoms with Crippen LogP contribution >= 0.6 is 0 Å². The van der Waals surface area contributed by atoms with Gasteiger partial charge in [-0.05, 0) is 19.1 Å². The van der Waals surface area contributed by atoms with Crippen LogP contribution in [0.4, 0.5) is 5.69 Å². The van der Waals surface area contributed by atoms with Crippen LogP contribution in [0, 0.1) is 0 Å². The van der Waals surface area contributed by atoms with Crippen molar-refractivity contribution in [1.29, 1.82) is 0 Å². The van der Waals surface area contributed by atoms with E-state index in [9.17, 15) is 4.79 Å². The molecule has 0 aliphatic rings. The van der Waals surface area contributed by atoms with Crippen LogP contribution in [0.1, 0.15) is 6.92 Å². The first kappa shape index (κ1) is 12.9. The SMILES string of the molecule is CCOC(=O)/C(N)=C(\N)N(N)c1ccccc1. The number of anilines is 1. The summed E-state index contributed by atoms with van der Waals surface area (Å²) < 4.78 is 4.73. The van der Waals surface area contributed by atoms with E-state index < -0.39 is 5.97 Å². The Labute approximate surface area is 99.6 Å². The monoisotopic (exact) mass is 236 g/mol. The number of benzene rings is 1. The summed E-state index contributed by atoms with van der Waals surface area (Å²) in [7, 11) is 0. The Morgan fingerprint density at radius 1 is 1.29 bits per heavy atom. The number of para-hydroxylation sites is 1. The van der Waals surface area contributed by atoms with Gasteiger partial charge in [0.05, 0.1) is 12.3 Å². The van der Waals surface area contributed by atoms with Crippen LogP contribution in [0.5, 0.6) is 0 Å². The van der Waals surface area contributed by atoms with Crippen LogP contribution in [-0.2, 0) is 9.53 Å². The lowest BCUT2D eigenvalue weighted by Gasteiger charge is -2.19. The second-order valence-electron chi connectivity index (χ2n) is 3.22. The van der Waals surface area contributed by atoms with Gasteiger partial charge in [-0.2, -0.15) is 0 Å². The Kier molecular flexibility index (Phi) is 4.36. The molecule has 0 atom stereocenters. The second-order valence-corrected chi connectivity index (χ2v) is 3.22. The highest BCUT2D eigenvalue weighted by Crippen LogP contribution is 2.13. The van der Waals surface area contributed by atoms with Crippen molar-refractivity contribution in [1.82, 2.24) is 0 Å². The van der Waals surface area contributed by atoms with Crippen LogP contribution in [0.3, 0.4) is 0 Å². The van der Waals surface area contributed by atoms with E-state index >= 15 is 0 Å². The van der Waals surface area contributed by atoms with Gasteiger partial charge < -0.3 is 16.2 Å². The van der Waals surface area contributed by atoms with Crippen molar-refractivity contribution in [2.75, 3.05) is 11.6 Å². The third kappa shape index (κ3) is 3.12. The Morgan fingerprint density at radius 2 is 1.88 bits per heavy atom. The summed E-state index contributed by atoms with van der Waals surface area (Å²) in [5, 5.41) is 1.13. The molecule has 0 aromatic heterocycles. The molecule has 6 N–H and O–H groups in total. The normalized spacial score (nSPS) is 11.6. The zero-order chi connectivity index (χ0) is 12.8. The third-order valence-corrected chi connectivity index (χ3v) is 2.07. The molecule has 0 fully saturated rings. The van der Waals surface area contributed by atoms with E-state index in [0.717, 1.165) is 5.01 Å². The zero-order valence-electron chi connectivity index (χ0n) is 9.59. The molecular formula is C11H16N4O2. The molecule has 92 valence electrons. The molecule has 0 unspecified atom stereocenters. The quantitative estimate of drug-likeness (QED) is 0.294. The Morgan fingerprint density at radius 3 is 2.41 bits per heavy atom. The number of carbonyl (C=O) groups is 1. The van der Waals surface area contributed by atoms with Crippen LogP contribution in [0.2, 0.25) is 0 Å². The molecule has 1 rings (SSSR count). The number of hydrogen-bond acceptors (Lipinski definition) is 6. The minimum absolute atomic E-state index is 0.0466. The molecule has 0 saturated carbocycles. The summed E-state index contributed by atoms with van der Waals surface area (Å²) in [6.07, 6.45) is 0. The molecule has 6 nitrogen and oxygen atoms in total. The van der Waals surface area contributed by atoms with Crippen molar-refractivity contribution >= 4 is 11.7 Å². The van der Waals surface area contributed by atoms with Crippen molar-refractivity contribution < 1.29 is 9.53 Å². The van der Waals surface area contributed by atoms with E-state index in [1.165, 1.54) is 0 Å². The lowest BCUT2D eigenvalue weighted by molar-refractivity contribution is -0.138. The van der Waals surface area contributed by atoms with Gasteiger partial charge in [0.1, 0.15) is 5.82 Å². The van der Waals surface area contributed by atoms with Gasteiger partial charge in [0.25, 0.3) is 0 Å². The number of rotatable bonds is 4. The number of nitrogens with zero attached hydrogens (tertiary/aromatic N) is 1. The molecule has 1 aromatic carbocycles. The molecule has 0 spiro atoms. The van der Waals surface area contributed by atoms with Gasteiger partial charge in [-0.1, -0.05) is 18.2 Å². The molecule has 1 aromatic rings. The summed E-state index contributed by atoms with van der Waals surface area (Å²) in [6, 6.07) is 8.91. The highest BCUT2D eigenvalue weighted by atomic mass is 16.5. The van der Waals surface area contributed by atoms with E-state index in [-0.39, 0.29) is 18.1 Å². The number of esters is 1. The van der Waals surface area contributed by atoms with Crippen molar-refractivity contribution in [3.8, 4) is 0 Å². The standard InChI is InChI=1S/C11H16N4O2/c1-2-17-11(16)9(12)10(13)15(14)8-6-4-3-5-7-8/h3-7H,2,12-14H2,1H3/b10-9-. The maximum atomic E-state index is 11.4. The minimum Gasteiger partial charge on any atom is -0.461 e. The molecule has 0 aliphatic heterocycles. The molecule has 17 heavy (non-hydrogen) atoms. The summed E-state index contributed by atoms with van der Waals surface area (Å²) in [4.78, 5) is 11.4. The van der Waals surface area contributed by atoms with Gasteiger partial charge >= 0.3 is 5.97 Å². The summed E-state index contributed by atoms with van der Waals surface area (Å²) in [5.41, 5.74) is 11.6. The lowest BCUT2D eigenvalue weighted by atomic mass is 10.3. The molecular weight excluding hydrogens is 220 g/mol. The maximum Gasteiger partial charge on any atom is 0.358 e. The minimum atomic E-state index is -0.684. The van der Waals surface area contributed by atoms with E-state index in [2.05, 4.69) is 0 Å². The first-order chi connectivity index (χ1) is 8.07. The van der Waals surface area contributed by atoms with Gasteiger partial charge in [-0.3, -0.25) is 5.01 Å². The summed E-state index contributed by atoms with van der Waals surface area (Å²) in [6.45, 7) is 1.90. The third-order valence-electron chi connectivity index (χ3n) is 2.07.